The molecule has 6 nitrogen and oxygen atoms in total. The molecule has 1 rings (SSSR count). The molecule has 0 bridgehead atoms. The predicted molar refractivity (Wildman–Crippen MR) is 37.7 cm³/mol. The van der Waals surface area contributed by atoms with E-state index in [1.807, 2.05) is 0 Å². The number of urea groups is 1. The minimum Gasteiger partial charge on any atom is -0.376 e. The summed E-state index contributed by atoms with van der Waals surface area (Å²) in [5, 5.41) is 17.3. The summed E-state index contributed by atoms with van der Waals surface area (Å²) in [5.74, 6) is -0.489. The number of carbonyl (C=O) groups excluding carboxylic acids is 2. The normalized spacial score (nSPS) is 24.1. The van der Waals surface area contributed by atoms with E-state index in [1.165, 1.54) is 6.92 Å². The molecule has 2 N–H and O–H groups in total. The van der Waals surface area contributed by atoms with Crippen LogP contribution in [-0.4, -0.2) is 51.5 Å². The first-order chi connectivity index (χ1) is 5.63. The average molecular weight is 174 g/mol. The van der Waals surface area contributed by atoms with Crippen LogP contribution < -0.4 is 0 Å². The lowest BCUT2D eigenvalue weighted by atomic mass is 10.3. The van der Waals surface area contributed by atoms with Gasteiger partial charge in [-0.2, -0.15) is 0 Å². The van der Waals surface area contributed by atoms with Gasteiger partial charge in [0.25, 0.3) is 5.91 Å². The van der Waals surface area contributed by atoms with Gasteiger partial charge in [0.1, 0.15) is 19.5 Å². The highest BCUT2D eigenvalue weighted by Gasteiger charge is 2.41. The molecule has 1 unspecified atom stereocenters. The van der Waals surface area contributed by atoms with E-state index >= 15 is 0 Å². The van der Waals surface area contributed by atoms with E-state index in [4.69, 9.17) is 10.2 Å². The number of rotatable bonds is 2. The van der Waals surface area contributed by atoms with Crippen molar-refractivity contribution in [3.63, 3.8) is 0 Å². The van der Waals surface area contributed by atoms with Gasteiger partial charge in [-0.25, -0.2) is 9.69 Å². The van der Waals surface area contributed by atoms with Crippen molar-refractivity contribution >= 4 is 11.9 Å². The zero-order valence-electron chi connectivity index (χ0n) is 6.60. The first-order valence-corrected chi connectivity index (χ1v) is 3.47. The maximum Gasteiger partial charge on any atom is 0.331 e. The topological polar surface area (TPSA) is 81.1 Å². The highest BCUT2D eigenvalue weighted by Crippen LogP contribution is 2.14. The molecule has 0 saturated carbocycles. The first kappa shape index (κ1) is 8.95. The first-order valence-electron chi connectivity index (χ1n) is 3.47. The van der Waals surface area contributed by atoms with Crippen molar-refractivity contribution in [3.8, 4) is 0 Å². The van der Waals surface area contributed by atoms with Crippen LogP contribution in [0.3, 0.4) is 0 Å². The van der Waals surface area contributed by atoms with Crippen molar-refractivity contribution in [1.29, 1.82) is 0 Å². The number of carbonyl (C=O) groups is 2. The van der Waals surface area contributed by atoms with Crippen LogP contribution in [0.5, 0.6) is 0 Å². The molecule has 1 heterocycles. The summed E-state index contributed by atoms with van der Waals surface area (Å²) < 4.78 is 0. The molecule has 3 amide bonds. The molecule has 1 aliphatic rings. The Balaban J connectivity index is 2.85. The number of amides is 3. The maximum absolute atomic E-state index is 11.1. The highest BCUT2D eigenvalue weighted by molar-refractivity contribution is 6.03. The Labute approximate surface area is 69.0 Å². The molecule has 68 valence electrons. The van der Waals surface area contributed by atoms with E-state index in [9.17, 15) is 9.59 Å². The van der Waals surface area contributed by atoms with E-state index in [0.29, 0.717) is 4.90 Å². The number of aliphatic hydroxyl groups excluding tert-OH is 2. The zero-order valence-corrected chi connectivity index (χ0v) is 6.60. The molecule has 0 aliphatic carbocycles. The monoisotopic (exact) mass is 174 g/mol. The molecule has 12 heavy (non-hydrogen) atoms. The van der Waals surface area contributed by atoms with Crippen molar-refractivity contribution in [2.75, 3.05) is 13.5 Å². The summed E-state index contributed by atoms with van der Waals surface area (Å²) in [4.78, 5) is 23.9. The van der Waals surface area contributed by atoms with E-state index in [2.05, 4.69) is 0 Å². The van der Waals surface area contributed by atoms with E-state index < -0.39 is 31.4 Å². The Morgan fingerprint density at radius 1 is 1.33 bits per heavy atom. The van der Waals surface area contributed by atoms with Gasteiger partial charge in [-0.15, -0.1) is 0 Å². The number of imide groups is 1. The Morgan fingerprint density at radius 3 is 2.17 bits per heavy atom. The molecule has 1 saturated heterocycles. The molecular formula is C6H10N2O4. The lowest BCUT2D eigenvalue weighted by molar-refractivity contribution is -0.130. The van der Waals surface area contributed by atoms with Gasteiger partial charge < -0.3 is 10.2 Å². The molecule has 1 fully saturated rings. The van der Waals surface area contributed by atoms with E-state index in [1.54, 1.807) is 0 Å². The Kier molecular flexibility index (Phi) is 2.30. The van der Waals surface area contributed by atoms with Gasteiger partial charge >= 0.3 is 6.03 Å². The summed E-state index contributed by atoms with van der Waals surface area (Å²) >= 11 is 0. The third-order valence-electron chi connectivity index (χ3n) is 1.86. The van der Waals surface area contributed by atoms with Crippen LogP contribution in [0.15, 0.2) is 0 Å². The third kappa shape index (κ3) is 1.05. The summed E-state index contributed by atoms with van der Waals surface area (Å²) in [5.41, 5.74) is 0. The molecule has 0 spiro atoms. The Bertz CT molecular complexity index is 218. The summed E-state index contributed by atoms with van der Waals surface area (Å²) in [6.07, 6.45) is 0. The van der Waals surface area contributed by atoms with Gasteiger partial charge in [-0.3, -0.25) is 9.69 Å². The van der Waals surface area contributed by atoms with Crippen LogP contribution in [0.2, 0.25) is 0 Å². The summed E-state index contributed by atoms with van der Waals surface area (Å²) in [7, 11) is 0. The largest absolute Gasteiger partial charge is 0.376 e. The number of hydrogen-bond donors (Lipinski definition) is 2. The Hall–Kier alpha value is -1.14. The number of hydrogen-bond acceptors (Lipinski definition) is 4. The number of aliphatic hydroxyl groups is 2. The van der Waals surface area contributed by atoms with Gasteiger partial charge in [0, 0.05) is 0 Å². The lowest BCUT2D eigenvalue weighted by Gasteiger charge is -2.14. The fraction of sp³-hybridized carbons (Fsp3) is 0.667. The van der Waals surface area contributed by atoms with Crippen LogP contribution in [0.1, 0.15) is 6.92 Å². The molecule has 0 radical (unpaired) electrons. The van der Waals surface area contributed by atoms with Crippen LogP contribution in [-0.2, 0) is 4.79 Å². The van der Waals surface area contributed by atoms with Gasteiger partial charge in [0.15, 0.2) is 0 Å². The molecule has 0 aromatic carbocycles. The van der Waals surface area contributed by atoms with Crippen molar-refractivity contribution in [3.05, 3.63) is 0 Å². The SMILES string of the molecule is CC1C(=O)N(CO)C(=O)N1CO. The van der Waals surface area contributed by atoms with E-state index in [-0.39, 0.29) is 0 Å². The van der Waals surface area contributed by atoms with Gasteiger partial charge in [0.05, 0.1) is 0 Å². The average Bonchev–Trinajstić information content (AvgIpc) is 2.25. The maximum atomic E-state index is 11.1. The lowest BCUT2D eigenvalue weighted by Crippen LogP contribution is -2.34. The second-order valence-corrected chi connectivity index (χ2v) is 2.48. The van der Waals surface area contributed by atoms with Crippen molar-refractivity contribution in [2.45, 2.75) is 13.0 Å². The van der Waals surface area contributed by atoms with Crippen LogP contribution >= 0.6 is 0 Å². The summed E-state index contributed by atoms with van der Waals surface area (Å²) in [6, 6.07) is -1.34. The molecule has 6 heteroatoms. The fourth-order valence-corrected chi connectivity index (χ4v) is 1.09. The van der Waals surface area contributed by atoms with Gasteiger partial charge in [-0.05, 0) is 6.92 Å². The zero-order chi connectivity index (χ0) is 9.30. The quantitative estimate of drug-likeness (QED) is 0.501. The minimum atomic E-state index is -0.686. The molecule has 1 aliphatic heterocycles. The van der Waals surface area contributed by atoms with E-state index in [0.717, 1.165) is 4.90 Å². The second kappa shape index (κ2) is 3.08. The van der Waals surface area contributed by atoms with Crippen LogP contribution in [0.25, 0.3) is 0 Å². The Morgan fingerprint density at radius 2 is 1.92 bits per heavy atom. The molecule has 1 atom stereocenters. The second-order valence-electron chi connectivity index (χ2n) is 2.48. The summed E-state index contributed by atoms with van der Waals surface area (Å²) in [6.45, 7) is 0.340. The number of nitrogens with zero attached hydrogens (tertiary/aromatic N) is 2. The molecule has 0 aromatic heterocycles. The van der Waals surface area contributed by atoms with Crippen molar-refractivity contribution < 1.29 is 19.8 Å². The smallest absolute Gasteiger partial charge is 0.331 e. The van der Waals surface area contributed by atoms with Gasteiger partial charge in [0.2, 0.25) is 0 Å². The standard InChI is InChI=1S/C6H10N2O4/c1-4-5(11)8(3-10)6(12)7(4)2-9/h4,9-10H,2-3H2,1H3. The molecule has 0 aromatic rings. The molecular weight excluding hydrogens is 164 g/mol. The third-order valence-corrected chi connectivity index (χ3v) is 1.86. The fourth-order valence-electron chi connectivity index (χ4n) is 1.09. The minimum absolute atomic E-state index is 0.489. The predicted octanol–water partition coefficient (Wildman–Crippen LogP) is -1.46. The van der Waals surface area contributed by atoms with Crippen LogP contribution in [0, 0.1) is 0 Å². The van der Waals surface area contributed by atoms with Crippen molar-refractivity contribution in [1.82, 2.24) is 9.80 Å². The van der Waals surface area contributed by atoms with Crippen molar-refractivity contribution in [2.24, 2.45) is 0 Å². The van der Waals surface area contributed by atoms with Crippen LogP contribution in [0.4, 0.5) is 4.79 Å². The highest BCUT2D eigenvalue weighted by atomic mass is 16.3. The van der Waals surface area contributed by atoms with Gasteiger partial charge in [-0.1, -0.05) is 0 Å².